The van der Waals surface area contributed by atoms with E-state index in [4.69, 9.17) is 15.2 Å². The second kappa shape index (κ2) is 7.42. The molecule has 2 N–H and O–H groups in total. The van der Waals surface area contributed by atoms with Gasteiger partial charge >= 0.3 is 0 Å². The number of fused-ring (bicyclic) bond motifs is 1. The van der Waals surface area contributed by atoms with Crippen molar-refractivity contribution in [1.82, 2.24) is 0 Å². The van der Waals surface area contributed by atoms with Gasteiger partial charge in [-0.3, -0.25) is 10.1 Å². The van der Waals surface area contributed by atoms with Crippen LogP contribution in [-0.2, 0) is 0 Å². The van der Waals surface area contributed by atoms with Crippen molar-refractivity contribution in [1.29, 1.82) is 0 Å². The summed E-state index contributed by atoms with van der Waals surface area (Å²) < 4.78 is 10.5. The zero-order valence-electron chi connectivity index (χ0n) is 10.1. The Morgan fingerprint density at radius 1 is 1.42 bits per heavy atom. The first-order valence-corrected chi connectivity index (χ1v) is 6.58. The van der Waals surface area contributed by atoms with Crippen molar-refractivity contribution >= 4 is 24.2 Å². The van der Waals surface area contributed by atoms with Crippen molar-refractivity contribution in [3.05, 3.63) is 33.9 Å². The van der Waals surface area contributed by atoms with Gasteiger partial charge in [0.05, 0.1) is 5.25 Å². The van der Waals surface area contributed by atoms with E-state index in [1.807, 2.05) is 6.07 Å². The minimum Gasteiger partial charge on any atom is -0.454 e. The van der Waals surface area contributed by atoms with Crippen LogP contribution in [0.15, 0.2) is 18.2 Å². The van der Waals surface area contributed by atoms with E-state index >= 15 is 0 Å². The highest BCUT2D eigenvalue weighted by Crippen LogP contribution is 2.37. The minimum absolute atomic E-state index is 0. The van der Waals surface area contributed by atoms with E-state index in [-0.39, 0.29) is 35.9 Å². The first-order chi connectivity index (χ1) is 8.70. The number of hydrogen-bond donors (Lipinski definition) is 1. The second-order valence-corrected chi connectivity index (χ2v) is 5.09. The molecule has 0 radical (unpaired) electrons. The molecule has 0 fully saturated rings. The molecule has 0 bridgehead atoms. The molecular weight excluding hydrogens is 292 g/mol. The number of nitrogens with zero attached hydrogens (tertiary/aromatic N) is 1. The lowest BCUT2D eigenvalue weighted by molar-refractivity contribution is -0.479. The standard InChI is InChI=1S/C11H14N2O4S.ClH/c12-3-4-18-11(6-13(14)15)8-1-2-9-10(5-8)17-7-16-9;/h1-2,5,11H,3-4,6-7,12H2;1H. The molecule has 19 heavy (non-hydrogen) atoms. The zero-order chi connectivity index (χ0) is 13.0. The maximum atomic E-state index is 10.7. The molecule has 6 nitrogen and oxygen atoms in total. The first kappa shape index (κ1) is 15.9. The Balaban J connectivity index is 0.00000180. The fourth-order valence-electron chi connectivity index (χ4n) is 1.71. The van der Waals surface area contributed by atoms with Gasteiger partial charge in [0.2, 0.25) is 13.3 Å². The Bertz CT molecular complexity index is 447. The molecule has 8 heteroatoms. The Morgan fingerprint density at radius 3 is 2.84 bits per heavy atom. The molecule has 2 rings (SSSR count). The van der Waals surface area contributed by atoms with E-state index in [9.17, 15) is 10.1 Å². The topological polar surface area (TPSA) is 87.6 Å². The van der Waals surface area contributed by atoms with Crippen LogP contribution < -0.4 is 15.2 Å². The molecule has 0 amide bonds. The van der Waals surface area contributed by atoms with Gasteiger partial charge in [-0.25, -0.2) is 0 Å². The fourth-order valence-corrected chi connectivity index (χ4v) is 2.70. The summed E-state index contributed by atoms with van der Waals surface area (Å²) in [7, 11) is 0. The summed E-state index contributed by atoms with van der Waals surface area (Å²) in [5.74, 6) is 2.02. The molecule has 1 atom stereocenters. The van der Waals surface area contributed by atoms with Gasteiger partial charge in [-0.15, -0.1) is 24.2 Å². The Hall–Kier alpha value is -1.18. The van der Waals surface area contributed by atoms with E-state index in [1.165, 1.54) is 11.8 Å². The summed E-state index contributed by atoms with van der Waals surface area (Å²) in [5.41, 5.74) is 6.31. The minimum atomic E-state index is -0.307. The van der Waals surface area contributed by atoms with Crippen molar-refractivity contribution in [2.45, 2.75) is 5.25 Å². The lowest BCUT2D eigenvalue weighted by atomic mass is 10.1. The molecule has 1 aliphatic rings. The predicted octanol–water partition coefficient (Wildman–Crippen LogP) is 1.85. The number of hydrogen-bond acceptors (Lipinski definition) is 6. The summed E-state index contributed by atoms with van der Waals surface area (Å²) >= 11 is 1.49. The average Bonchev–Trinajstić information content (AvgIpc) is 2.81. The summed E-state index contributed by atoms with van der Waals surface area (Å²) in [5, 5.41) is 10.5. The molecule has 0 aliphatic carbocycles. The van der Waals surface area contributed by atoms with E-state index in [2.05, 4.69) is 0 Å². The van der Waals surface area contributed by atoms with Gasteiger partial charge in [0.25, 0.3) is 0 Å². The Morgan fingerprint density at radius 2 is 2.16 bits per heavy atom. The average molecular weight is 307 g/mol. The monoisotopic (exact) mass is 306 g/mol. The highest BCUT2D eigenvalue weighted by molar-refractivity contribution is 7.99. The van der Waals surface area contributed by atoms with E-state index in [1.54, 1.807) is 12.1 Å². The number of thioether (sulfide) groups is 1. The molecule has 0 saturated heterocycles. The highest BCUT2D eigenvalue weighted by atomic mass is 35.5. The van der Waals surface area contributed by atoms with Crippen LogP contribution >= 0.6 is 24.2 Å². The van der Waals surface area contributed by atoms with E-state index in [0.717, 1.165) is 5.56 Å². The summed E-state index contributed by atoms with van der Waals surface area (Å²) in [6.45, 7) is 0.586. The highest BCUT2D eigenvalue weighted by Gasteiger charge is 2.21. The van der Waals surface area contributed by atoms with Crippen molar-refractivity contribution in [3.8, 4) is 11.5 Å². The molecule has 106 valence electrons. The smallest absolute Gasteiger partial charge is 0.231 e. The SMILES string of the molecule is Cl.NCCSC(C[N+](=O)[O-])c1ccc2c(c1)OCO2. The number of halogens is 1. The van der Waals surface area contributed by atoms with Gasteiger partial charge in [0, 0.05) is 17.2 Å². The normalized spacial score (nSPS) is 13.7. The number of nitro groups is 1. The molecule has 0 aromatic heterocycles. The lowest BCUT2D eigenvalue weighted by Crippen LogP contribution is -2.12. The number of ether oxygens (including phenoxy) is 2. The maximum Gasteiger partial charge on any atom is 0.231 e. The van der Waals surface area contributed by atoms with Gasteiger partial charge < -0.3 is 15.2 Å². The molecule has 0 spiro atoms. The maximum absolute atomic E-state index is 10.7. The molecule has 1 aromatic carbocycles. The molecule has 1 unspecified atom stereocenters. The van der Waals surface area contributed by atoms with Crippen molar-refractivity contribution in [2.75, 3.05) is 25.6 Å². The summed E-state index contributed by atoms with van der Waals surface area (Å²) in [4.78, 5) is 10.4. The molecule has 1 heterocycles. The molecular formula is C11H15ClN2O4S. The van der Waals surface area contributed by atoms with Gasteiger partial charge in [0.1, 0.15) is 0 Å². The largest absolute Gasteiger partial charge is 0.454 e. The van der Waals surface area contributed by atoms with Crippen molar-refractivity contribution < 1.29 is 14.4 Å². The third kappa shape index (κ3) is 4.15. The Labute approximate surface area is 121 Å². The number of rotatable bonds is 6. The summed E-state index contributed by atoms with van der Waals surface area (Å²) in [6, 6.07) is 5.43. The molecule has 1 aromatic rings. The second-order valence-electron chi connectivity index (χ2n) is 3.78. The third-order valence-corrected chi connectivity index (χ3v) is 3.82. The van der Waals surface area contributed by atoms with E-state index in [0.29, 0.717) is 23.8 Å². The van der Waals surface area contributed by atoms with Crippen molar-refractivity contribution in [3.63, 3.8) is 0 Å². The van der Waals surface area contributed by atoms with Crippen LogP contribution in [0.5, 0.6) is 11.5 Å². The van der Waals surface area contributed by atoms with Crippen LogP contribution in [-0.4, -0.2) is 30.6 Å². The number of nitrogens with two attached hydrogens (primary N) is 1. The van der Waals surface area contributed by atoms with Crippen LogP contribution in [0, 0.1) is 10.1 Å². The fraction of sp³-hybridized carbons (Fsp3) is 0.455. The van der Waals surface area contributed by atoms with Gasteiger partial charge in [-0.05, 0) is 17.7 Å². The van der Waals surface area contributed by atoms with Crippen LogP contribution in [0.3, 0.4) is 0 Å². The zero-order valence-corrected chi connectivity index (χ0v) is 11.7. The molecule has 0 saturated carbocycles. The third-order valence-electron chi connectivity index (χ3n) is 2.52. The van der Waals surface area contributed by atoms with Gasteiger partial charge in [0.15, 0.2) is 11.5 Å². The molecule has 1 aliphatic heterocycles. The quantitative estimate of drug-likeness (QED) is 0.637. The Kier molecular flexibility index (Phi) is 6.20. The van der Waals surface area contributed by atoms with Gasteiger partial charge in [-0.1, -0.05) is 6.07 Å². The van der Waals surface area contributed by atoms with E-state index < -0.39 is 0 Å². The number of benzene rings is 1. The first-order valence-electron chi connectivity index (χ1n) is 5.53. The predicted molar refractivity (Wildman–Crippen MR) is 75.9 cm³/mol. The van der Waals surface area contributed by atoms with Crippen molar-refractivity contribution in [2.24, 2.45) is 5.73 Å². The lowest BCUT2D eigenvalue weighted by Gasteiger charge is -2.12. The van der Waals surface area contributed by atoms with Crippen LogP contribution in [0.1, 0.15) is 10.8 Å². The van der Waals surface area contributed by atoms with Crippen LogP contribution in [0.25, 0.3) is 0 Å². The van der Waals surface area contributed by atoms with Gasteiger partial charge in [-0.2, -0.15) is 0 Å². The van der Waals surface area contributed by atoms with Crippen LogP contribution in [0.2, 0.25) is 0 Å². The summed E-state index contributed by atoms with van der Waals surface area (Å²) in [6.07, 6.45) is 0. The van der Waals surface area contributed by atoms with Crippen LogP contribution in [0.4, 0.5) is 0 Å².